The molecule has 1 aromatic heterocycles. The first-order chi connectivity index (χ1) is 16.8. The summed E-state index contributed by atoms with van der Waals surface area (Å²) in [6.07, 6.45) is 5.35. The van der Waals surface area contributed by atoms with Gasteiger partial charge in [-0.05, 0) is 42.8 Å². The molecule has 0 aliphatic rings. The van der Waals surface area contributed by atoms with Crippen LogP contribution < -0.4 is 4.52 Å². The highest BCUT2D eigenvalue weighted by Gasteiger charge is 2.27. The minimum absolute atomic E-state index is 0.0557. The zero-order valence-electron chi connectivity index (χ0n) is 19.2. The Morgan fingerprint density at radius 3 is 2.46 bits per heavy atom. The molecule has 35 heavy (non-hydrogen) atoms. The minimum atomic E-state index is -2.42. The lowest BCUT2D eigenvalue weighted by Crippen LogP contribution is -1.96. The smallest absolute Gasteiger partial charge is 0.312 e. The fourth-order valence-corrected chi connectivity index (χ4v) is 12.4. The summed E-state index contributed by atoms with van der Waals surface area (Å²) in [7, 11) is 0. The molecule has 0 aliphatic carbocycles. The van der Waals surface area contributed by atoms with E-state index in [2.05, 4.69) is 13.8 Å². The summed E-state index contributed by atoms with van der Waals surface area (Å²) in [6, 6.07) is 8.09. The topological polar surface area (TPSA) is 89.3 Å². The van der Waals surface area contributed by atoms with E-state index in [1.54, 1.807) is 41.0 Å². The molecular formula is C23H24ClN2O4PS4. The molecule has 0 aliphatic heterocycles. The maximum absolute atomic E-state index is 11.8. The van der Waals surface area contributed by atoms with Crippen LogP contribution in [0.5, 0.6) is 5.75 Å². The van der Waals surface area contributed by atoms with Crippen LogP contribution in [0.25, 0.3) is 21.9 Å². The molecule has 0 N–H and O–H groups in total. The van der Waals surface area contributed by atoms with Gasteiger partial charge in [-0.15, -0.1) is 0 Å². The van der Waals surface area contributed by atoms with Gasteiger partial charge in [-0.2, -0.15) is 5.26 Å². The van der Waals surface area contributed by atoms with Crippen LogP contribution in [0.4, 0.5) is 5.69 Å². The lowest BCUT2D eigenvalue weighted by atomic mass is 10.1. The highest BCUT2D eigenvalue weighted by molar-refractivity contribution is 8.99. The largest absolute Gasteiger partial charge is 0.447 e. The lowest BCUT2D eigenvalue weighted by Gasteiger charge is -2.23. The average Bonchev–Trinajstić information content (AvgIpc) is 2.82. The second kappa shape index (κ2) is 12.8. The van der Waals surface area contributed by atoms with Gasteiger partial charge in [0.1, 0.15) is 17.4 Å². The predicted octanol–water partition coefficient (Wildman–Crippen LogP) is 9.81. The Morgan fingerprint density at radius 2 is 1.83 bits per heavy atom. The zero-order valence-corrected chi connectivity index (χ0v) is 24.2. The van der Waals surface area contributed by atoms with Gasteiger partial charge in [0.15, 0.2) is 5.58 Å². The Balaban J connectivity index is 2.20. The van der Waals surface area contributed by atoms with Crippen molar-refractivity contribution >= 4 is 90.7 Å². The second-order valence-corrected chi connectivity index (χ2v) is 19.1. The molecule has 1 unspecified atom stereocenters. The van der Waals surface area contributed by atoms with Crippen molar-refractivity contribution in [2.45, 2.75) is 46.0 Å². The Hall–Kier alpha value is -1.34. The van der Waals surface area contributed by atoms with Gasteiger partial charge in [0.05, 0.1) is 19.8 Å². The van der Waals surface area contributed by atoms with E-state index in [-0.39, 0.29) is 27.4 Å². The molecule has 0 fully saturated rings. The Kier molecular flexibility index (Phi) is 10.3. The summed E-state index contributed by atoms with van der Waals surface area (Å²) in [5, 5.41) is 22.4. The van der Waals surface area contributed by atoms with Crippen molar-refractivity contribution in [2.75, 3.05) is 11.5 Å². The van der Waals surface area contributed by atoms with Crippen LogP contribution in [-0.4, -0.2) is 16.4 Å². The molecule has 6 nitrogen and oxygen atoms in total. The number of benzene rings is 2. The number of hydrogen-bond acceptors (Lipinski definition) is 9. The van der Waals surface area contributed by atoms with Crippen molar-refractivity contribution in [3.8, 4) is 11.8 Å². The summed E-state index contributed by atoms with van der Waals surface area (Å²) in [5.41, 5.74) is -0.139. The Morgan fingerprint density at radius 1 is 1.14 bits per heavy atom. The van der Waals surface area contributed by atoms with Crippen LogP contribution in [0.2, 0.25) is 5.02 Å². The maximum Gasteiger partial charge on any atom is 0.312 e. The third kappa shape index (κ3) is 6.51. The lowest BCUT2D eigenvalue weighted by molar-refractivity contribution is -0.383. The van der Waals surface area contributed by atoms with Crippen molar-refractivity contribution in [3.05, 3.63) is 49.5 Å². The van der Waals surface area contributed by atoms with Crippen LogP contribution in [-0.2, 0) is 11.8 Å². The molecule has 186 valence electrons. The van der Waals surface area contributed by atoms with Crippen LogP contribution >= 0.6 is 51.3 Å². The number of halogens is 1. The third-order valence-electron chi connectivity index (χ3n) is 5.14. The van der Waals surface area contributed by atoms with Crippen molar-refractivity contribution < 1.29 is 13.9 Å². The van der Waals surface area contributed by atoms with Gasteiger partial charge in [-0.1, -0.05) is 79.7 Å². The minimum Gasteiger partial charge on any atom is -0.447 e. The van der Waals surface area contributed by atoms with Gasteiger partial charge in [-0.25, -0.2) is 0 Å². The van der Waals surface area contributed by atoms with Crippen LogP contribution in [0, 0.1) is 26.0 Å². The first-order valence-corrected chi connectivity index (χ1v) is 17.8. The van der Waals surface area contributed by atoms with Crippen molar-refractivity contribution in [2.24, 2.45) is 0 Å². The highest BCUT2D eigenvalue weighted by atomic mass is 35.5. The maximum atomic E-state index is 11.8. The van der Waals surface area contributed by atoms with Crippen molar-refractivity contribution in [1.29, 1.82) is 5.26 Å². The molecule has 0 spiro atoms. The molecule has 1 atom stereocenters. The van der Waals surface area contributed by atoms with Gasteiger partial charge < -0.3 is 8.94 Å². The summed E-state index contributed by atoms with van der Waals surface area (Å²) < 4.78 is 10.3. The second-order valence-electron chi connectivity index (χ2n) is 7.65. The highest BCUT2D eigenvalue weighted by Crippen LogP contribution is 2.70. The number of nitriles is 1. The van der Waals surface area contributed by atoms with Crippen LogP contribution in [0.15, 0.2) is 28.7 Å². The molecule has 3 rings (SSSR count). The SMILES string of the molecule is CCCCCSP(=S)(Oc1ccc([N+](=O)[O-])c2oc3c(C#N)c(Cl)ccc3c(=S)c12)SCCCC. The number of hydrogen-bond donors (Lipinski definition) is 0. The Bertz CT molecular complexity index is 1410. The number of nitro groups is 1. The normalized spacial score (nSPS) is 13.0. The van der Waals surface area contributed by atoms with E-state index in [4.69, 9.17) is 44.6 Å². The van der Waals surface area contributed by atoms with E-state index in [0.717, 1.165) is 43.6 Å². The molecule has 3 aromatic rings. The number of unbranched alkanes of at least 4 members (excludes halogenated alkanes) is 3. The summed E-state index contributed by atoms with van der Waals surface area (Å²) >= 11 is 21.3. The molecule has 0 saturated heterocycles. The predicted molar refractivity (Wildman–Crippen MR) is 155 cm³/mol. The molecule has 0 amide bonds. The summed E-state index contributed by atoms with van der Waals surface area (Å²) in [6.45, 7) is 4.28. The van der Waals surface area contributed by atoms with Crippen molar-refractivity contribution in [1.82, 2.24) is 0 Å². The standard InChI is InChI=1S/C23H24ClN2O4PS4/c1-3-5-7-13-35-31(33,34-12-6-4-2)30-19-11-10-18(26(27)28)22-20(19)23(32)15-8-9-17(24)16(14-25)21(15)29-22/h8-11H,3-7,12-13H2,1-2H3. The number of nitrogens with zero attached hydrogens (tertiary/aromatic N) is 2. The van der Waals surface area contributed by atoms with Crippen LogP contribution in [0.1, 0.15) is 51.5 Å². The molecule has 1 heterocycles. The first-order valence-electron chi connectivity index (χ1n) is 11.1. The summed E-state index contributed by atoms with van der Waals surface area (Å²) in [5.74, 6) is 2.12. The number of non-ortho nitro benzene ring substituents is 1. The van der Waals surface area contributed by atoms with Gasteiger partial charge in [0, 0.05) is 23.0 Å². The first kappa shape index (κ1) is 28.2. The number of fused-ring (bicyclic) bond motifs is 2. The fraction of sp³-hybridized carbons (Fsp3) is 0.391. The van der Waals surface area contributed by atoms with Gasteiger partial charge in [0.25, 0.3) is 0 Å². The van der Waals surface area contributed by atoms with E-state index in [1.807, 2.05) is 6.07 Å². The van der Waals surface area contributed by atoms with E-state index >= 15 is 0 Å². The molecular weight excluding hydrogens is 563 g/mol. The summed E-state index contributed by atoms with van der Waals surface area (Å²) in [4.78, 5) is 11.3. The molecule has 12 heteroatoms. The molecule has 2 aromatic carbocycles. The number of nitro benzene ring substituents is 1. The van der Waals surface area contributed by atoms with Gasteiger partial charge in [-0.3, -0.25) is 10.1 Å². The van der Waals surface area contributed by atoms with Crippen molar-refractivity contribution in [3.63, 3.8) is 0 Å². The van der Waals surface area contributed by atoms with E-state index in [0.29, 0.717) is 21.0 Å². The van der Waals surface area contributed by atoms with E-state index in [1.165, 1.54) is 6.07 Å². The fourth-order valence-electron chi connectivity index (χ4n) is 3.34. The number of rotatable bonds is 12. The van der Waals surface area contributed by atoms with E-state index in [9.17, 15) is 15.4 Å². The molecule has 0 bridgehead atoms. The van der Waals surface area contributed by atoms with Gasteiger partial charge >= 0.3 is 5.69 Å². The van der Waals surface area contributed by atoms with Gasteiger partial charge in [0.2, 0.25) is 10.3 Å². The Labute approximate surface area is 227 Å². The van der Waals surface area contributed by atoms with Crippen LogP contribution in [0.3, 0.4) is 0 Å². The third-order valence-corrected chi connectivity index (χ3v) is 15.3. The average molecular weight is 587 g/mol. The quantitative estimate of drug-likeness (QED) is 0.0513. The monoisotopic (exact) mass is 586 g/mol. The molecule has 0 radical (unpaired) electrons. The van der Waals surface area contributed by atoms with E-state index < -0.39 is 9.59 Å². The zero-order chi connectivity index (χ0) is 25.6. The molecule has 0 saturated carbocycles.